The molecule has 10 amide bonds. The van der Waals surface area contributed by atoms with E-state index in [4.69, 9.17) is 28.1 Å². The van der Waals surface area contributed by atoms with Gasteiger partial charge in [0.25, 0.3) is 23.6 Å². The Hall–Kier alpha value is -9.13. The summed E-state index contributed by atoms with van der Waals surface area (Å²) in [6.45, 7) is 1.46. The number of benzene rings is 4. The number of carbonyl (C=O) groups excluding carboxylic acids is 10. The fraction of sp³-hybridized carbons (Fsp3) is 0.444. The Bertz CT molecular complexity index is 3730. The number of aliphatic carboxylic acids is 1. The normalized spacial score (nSPS) is 16.7. The Kier molecular flexibility index (Phi) is 26.5. The fourth-order valence-corrected chi connectivity index (χ4v) is 11.7. The Balaban J connectivity index is 0.825. The first-order chi connectivity index (χ1) is 48.0. The van der Waals surface area contributed by atoms with Gasteiger partial charge in [-0.2, -0.15) is 0 Å². The lowest BCUT2D eigenvalue weighted by atomic mass is 9.78. The minimum atomic E-state index is -1.59. The number of ether oxygens (including phenoxy) is 2. The number of carboxylic acids is 1. The fourth-order valence-electron chi connectivity index (χ4n) is 11.7. The molecule has 530 valence electrons. The number of likely N-dealkylation sites (tertiary alicyclic amines) is 1. The predicted molar refractivity (Wildman–Crippen MR) is 354 cm³/mol. The SMILES string of the molecule is CC[C@@H](CNC(=O)COCCOCCNC(=O)[C@H](CCCNC(=O)[C@@H](CNC(=O)c1ccc2c(c1)B(O)OC2)NC(=O)c1ccc2c(c1)B(O)OC2)NC(=O)[C@@H](CNC(=O)c1ccc2c(c1)B(O)OC2)NC(=O)c1ccc2c(c1)B(O)OC2)C(=O)N1CCC[C@H]1C(=O)N[C@H](C(=O)O)[C@@H](C)O. The van der Waals surface area contributed by atoms with Crippen molar-refractivity contribution in [1.29, 1.82) is 0 Å². The number of carbonyl (C=O) groups is 11. The van der Waals surface area contributed by atoms with Crippen LogP contribution in [0.2, 0.25) is 0 Å². The van der Waals surface area contributed by atoms with Gasteiger partial charge in [0.15, 0.2) is 6.04 Å². The third kappa shape index (κ3) is 19.4. The summed E-state index contributed by atoms with van der Waals surface area (Å²) in [7, 11) is -5.16. The minimum Gasteiger partial charge on any atom is -0.480 e. The molecule has 9 rings (SSSR count). The van der Waals surface area contributed by atoms with Crippen molar-refractivity contribution in [3.05, 3.63) is 117 Å². The smallest absolute Gasteiger partial charge is 0.480 e. The zero-order valence-corrected chi connectivity index (χ0v) is 54.8. The number of amides is 10. The van der Waals surface area contributed by atoms with Crippen molar-refractivity contribution in [3.8, 4) is 0 Å². The van der Waals surface area contributed by atoms with Crippen LogP contribution in [0.25, 0.3) is 0 Å². The van der Waals surface area contributed by atoms with Crippen LogP contribution in [0.15, 0.2) is 72.8 Å². The Labute approximate surface area is 574 Å². The van der Waals surface area contributed by atoms with Crippen LogP contribution in [0, 0.1) is 5.92 Å². The number of nitrogens with one attached hydrogen (secondary N) is 9. The number of fused-ring (bicyclic) bond motifs is 4. The Morgan fingerprint density at radius 1 is 0.540 bits per heavy atom. The second-order valence-electron chi connectivity index (χ2n) is 24.4. The van der Waals surface area contributed by atoms with E-state index >= 15 is 0 Å². The number of nitrogens with zero attached hydrogens (tertiary/aromatic N) is 1. The maximum absolute atomic E-state index is 14.6. The quantitative estimate of drug-likeness (QED) is 0.0153. The zero-order chi connectivity index (χ0) is 71.7. The molecule has 0 saturated carbocycles. The molecule has 0 radical (unpaired) electrons. The van der Waals surface area contributed by atoms with Crippen molar-refractivity contribution < 1.29 is 111 Å². The molecule has 37 heteroatoms. The molecule has 0 bridgehead atoms. The zero-order valence-electron chi connectivity index (χ0n) is 54.8. The highest BCUT2D eigenvalue weighted by molar-refractivity contribution is 6.63. The standard InChI is InChI=1S/C63H78B4N10O23/c1-3-35(62(88)77-18-5-7-51(77)61(87)76-53(34(2)78)63(89)90)26-70-52(79)33-96-21-20-95-19-17-69-58(84)48(73-60(86)50(75-57(83)39-11-15-43-32-100-67(94)47(43)25-39)28-72-55(81)37-9-13-41-30-98-65(92)45(41)23-37)6-4-16-68-59(85)49(74-56(82)38-10-14-42-31-99-66(93)46(42)24-38)27-71-54(80)36-8-12-40-29-97-64(91)44(40)22-36/h8-15,22-25,34-35,48-51,53,78,91-94H,3-7,16-21,26-33H2,1-2H3,(H,68,85)(H,69,84)(H,70,79)(H,71,80)(H,72,81)(H,73,86)(H,74,82)(H,75,83)(H,76,87)(H,89,90)/t34-,35+,48+,49-,50-,51+,53+/m1/s1. The summed E-state index contributed by atoms with van der Waals surface area (Å²) in [4.78, 5) is 150. The molecule has 33 nitrogen and oxygen atoms in total. The van der Waals surface area contributed by atoms with Gasteiger partial charge in [0, 0.05) is 61.5 Å². The van der Waals surface area contributed by atoms with Crippen molar-refractivity contribution >= 4 is 115 Å². The van der Waals surface area contributed by atoms with Crippen molar-refractivity contribution in [2.24, 2.45) is 5.92 Å². The van der Waals surface area contributed by atoms with Crippen LogP contribution in [0.3, 0.4) is 0 Å². The monoisotopic (exact) mass is 1390 g/mol. The molecular formula is C63H78B4N10O23. The molecule has 0 unspecified atom stereocenters. The summed E-state index contributed by atoms with van der Waals surface area (Å²) in [6.07, 6.45) is -0.586. The highest BCUT2D eigenvalue weighted by Gasteiger charge is 2.40. The Morgan fingerprint density at radius 2 is 0.990 bits per heavy atom. The highest BCUT2D eigenvalue weighted by atomic mass is 16.5. The largest absolute Gasteiger partial charge is 0.491 e. The topological polar surface area (TPSA) is 476 Å². The molecular weight excluding hydrogens is 1310 g/mol. The highest BCUT2D eigenvalue weighted by Crippen LogP contribution is 2.23. The second-order valence-corrected chi connectivity index (χ2v) is 24.4. The molecule has 1 fully saturated rings. The maximum Gasteiger partial charge on any atom is 0.491 e. The van der Waals surface area contributed by atoms with E-state index in [9.17, 15) is 83.0 Å². The van der Waals surface area contributed by atoms with Crippen LogP contribution < -0.4 is 69.7 Å². The van der Waals surface area contributed by atoms with Crippen LogP contribution in [-0.4, -0.2) is 231 Å². The summed E-state index contributed by atoms with van der Waals surface area (Å²) in [5.41, 5.74) is 4.26. The molecule has 15 N–H and O–H groups in total. The predicted octanol–water partition coefficient (Wildman–Crippen LogP) is -7.07. The number of aliphatic hydroxyl groups excluding tert-OH is 1. The summed E-state index contributed by atoms with van der Waals surface area (Å²) >= 11 is 0. The van der Waals surface area contributed by atoms with Crippen molar-refractivity contribution in [2.45, 2.75) is 109 Å². The van der Waals surface area contributed by atoms with Crippen LogP contribution in [0.4, 0.5) is 0 Å². The van der Waals surface area contributed by atoms with Gasteiger partial charge in [0.1, 0.15) is 30.8 Å². The van der Waals surface area contributed by atoms with Gasteiger partial charge >= 0.3 is 34.4 Å². The van der Waals surface area contributed by atoms with Gasteiger partial charge in [-0.05, 0) is 132 Å². The van der Waals surface area contributed by atoms with Crippen molar-refractivity contribution in [2.75, 3.05) is 65.7 Å². The average Bonchev–Trinajstić information content (AvgIpc) is 1.65. The third-order valence-electron chi connectivity index (χ3n) is 17.5. The van der Waals surface area contributed by atoms with E-state index < -0.39 is 155 Å². The van der Waals surface area contributed by atoms with Gasteiger partial charge in [0.2, 0.25) is 35.4 Å². The number of hydrogen-bond donors (Lipinski definition) is 15. The first-order valence-electron chi connectivity index (χ1n) is 32.7. The van der Waals surface area contributed by atoms with Gasteiger partial charge < -0.3 is 111 Å². The minimum absolute atomic E-state index is 0.00805. The molecule has 5 aliphatic rings. The molecule has 0 aromatic heterocycles. The number of carboxylic acid groups (broad SMARTS) is 1. The van der Waals surface area contributed by atoms with Crippen LogP contribution in [0.5, 0.6) is 0 Å². The average molecular weight is 1390 g/mol. The molecule has 4 aromatic rings. The van der Waals surface area contributed by atoms with E-state index in [1.54, 1.807) is 31.2 Å². The molecule has 100 heavy (non-hydrogen) atoms. The van der Waals surface area contributed by atoms with E-state index in [1.807, 2.05) is 0 Å². The number of hydrogen-bond acceptors (Lipinski definition) is 22. The van der Waals surface area contributed by atoms with Gasteiger partial charge in [-0.1, -0.05) is 31.2 Å². The molecule has 1 saturated heterocycles. The molecule has 0 aliphatic carbocycles. The molecule has 4 aromatic carbocycles. The van der Waals surface area contributed by atoms with Gasteiger partial charge in [-0.3, -0.25) is 47.9 Å². The summed E-state index contributed by atoms with van der Waals surface area (Å²) in [5.74, 6) is -9.32. The van der Waals surface area contributed by atoms with Crippen LogP contribution >= 0.6 is 0 Å². The molecule has 7 atom stereocenters. The van der Waals surface area contributed by atoms with Gasteiger partial charge in [0.05, 0.1) is 58.3 Å². The van der Waals surface area contributed by atoms with E-state index in [0.29, 0.717) is 56.9 Å². The lowest BCUT2D eigenvalue weighted by Gasteiger charge is -2.29. The van der Waals surface area contributed by atoms with Crippen LogP contribution in [0.1, 0.15) is 110 Å². The molecule has 5 heterocycles. The van der Waals surface area contributed by atoms with Crippen molar-refractivity contribution in [3.63, 3.8) is 0 Å². The molecule has 5 aliphatic heterocycles. The van der Waals surface area contributed by atoms with E-state index in [2.05, 4.69) is 47.9 Å². The summed E-state index contributed by atoms with van der Waals surface area (Å²) < 4.78 is 32.2. The maximum atomic E-state index is 14.6. The number of aliphatic hydroxyl groups is 1. The number of rotatable bonds is 34. The summed E-state index contributed by atoms with van der Waals surface area (Å²) in [5, 5.41) is 84.1. The lowest BCUT2D eigenvalue weighted by molar-refractivity contribution is -0.147. The van der Waals surface area contributed by atoms with Gasteiger partial charge in [-0.25, -0.2) is 4.79 Å². The van der Waals surface area contributed by atoms with Crippen LogP contribution in [-0.2, 0) is 88.1 Å². The van der Waals surface area contributed by atoms with E-state index in [1.165, 1.54) is 60.4 Å². The summed E-state index contributed by atoms with van der Waals surface area (Å²) in [6, 6.07) is 10.9. The lowest BCUT2D eigenvalue weighted by Crippen LogP contribution is -2.57. The second kappa shape index (κ2) is 35.3. The first kappa shape index (κ1) is 75.1. The Morgan fingerprint density at radius 3 is 1.46 bits per heavy atom. The third-order valence-corrected chi connectivity index (χ3v) is 17.5. The van der Waals surface area contributed by atoms with E-state index in [0.717, 1.165) is 0 Å². The molecule has 0 spiro atoms. The van der Waals surface area contributed by atoms with Gasteiger partial charge in [-0.15, -0.1) is 0 Å². The van der Waals surface area contributed by atoms with Crippen molar-refractivity contribution in [1.82, 2.24) is 52.8 Å². The first-order valence-corrected chi connectivity index (χ1v) is 32.7. The van der Waals surface area contributed by atoms with E-state index in [-0.39, 0.29) is 114 Å².